The molecule has 0 radical (unpaired) electrons. The topological polar surface area (TPSA) is 64.6 Å². The van der Waals surface area contributed by atoms with Crippen molar-refractivity contribution >= 4 is 9.84 Å². The highest BCUT2D eigenvalue weighted by Gasteiger charge is 2.21. The molecule has 0 amide bonds. The van der Waals surface area contributed by atoms with Crippen molar-refractivity contribution in [3.8, 4) is 5.75 Å². The molecule has 0 heterocycles. The van der Waals surface area contributed by atoms with Gasteiger partial charge in [-0.05, 0) is 51.5 Å². The van der Waals surface area contributed by atoms with Crippen LogP contribution >= 0.6 is 0 Å². The third-order valence-electron chi connectivity index (χ3n) is 3.01. The Morgan fingerprint density at radius 3 is 2.43 bits per heavy atom. The lowest BCUT2D eigenvalue weighted by Crippen LogP contribution is -2.16. The highest BCUT2D eigenvalue weighted by atomic mass is 32.2. The molecule has 1 aromatic rings. The lowest BCUT2D eigenvalue weighted by atomic mass is 10.3. The lowest BCUT2D eigenvalue weighted by molar-refractivity contribution is 0.0720. The van der Waals surface area contributed by atoms with Crippen molar-refractivity contribution in [2.24, 2.45) is 0 Å². The van der Waals surface area contributed by atoms with Crippen molar-refractivity contribution in [1.29, 1.82) is 0 Å². The molecule has 0 saturated heterocycles. The van der Waals surface area contributed by atoms with E-state index in [1.54, 1.807) is 38.1 Å². The van der Waals surface area contributed by atoms with Crippen molar-refractivity contribution in [3.63, 3.8) is 0 Å². The van der Waals surface area contributed by atoms with Gasteiger partial charge in [-0.2, -0.15) is 0 Å². The smallest absolute Gasteiger partial charge is 0.180 e. The minimum absolute atomic E-state index is 0.317. The monoisotopic (exact) mass is 313 g/mol. The Bertz CT molecular complexity index is 564. The normalized spacial score (nSPS) is 13.8. The number of allylic oxidation sites excluding steroid dienone is 1. The van der Waals surface area contributed by atoms with E-state index in [0.717, 1.165) is 0 Å². The Labute approximate surface area is 126 Å². The first-order valence-corrected chi connectivity index (χ1v) is 8.51. The fourth-order valence-corrected chi connectivity index (χ4v) is 2.94. The molecule has 5 nitrogen and oxygen atoms in total. The zero-order chi connectivity index (χ0) is 15.9. The minimum Gasteiger partial charge on any atom is -0.463 e. The van der Waals surface area contributed by atoms with E-state index in [4.69, 9.17) is 9.57 Å². The van der Waals surface area contributed by atoms with Crippen LogP contribution < -0.4 is 10.2 Å². The van der Waals surface area contributed by atoms with Crippen LogP contribution in [-0.2, 0) is 14.7 Å². The molecule has 0 spiro atoms. The van der Waals surface area contributed by atoms with Gasteiger partial charge in [0.05, 0.1) is 22.4 Å². The van der Waals surface area contributed by atoms with Gasteiger partial charge in [-0.1, -0.05) is 6.92 Å². The third kappa shape index (κ3) is 5.06. The average Bonchev–Trinajstić information content (AvgIpc) is 2.50. The van der Waals surface area contributed by atoms with Gasteiger partial charge in [0.15, 0.2) is 9.84 Å². The summed E-state index contributed by atoms with van der Waals surface area (Å²) in [5.41, 5.74) is 3.42. The van der Waals surface area contributed by atoms with E-state index >= 15 is 0 Å². The number of ether oxygens (including phenoxy) is 1. The third-order valence-corrected chi connectivity index (χ3v) is 5.33. The Morgan fingerprint density at radius 2 is 1.90 bits per heavy atom. The predicted molar refractivity (Wildman–Crippen MR) is 82.5 cm³/mol. The molecule has 0 saturated carbocycles. The number of hydrogen-bond acceptors (Lipinski definition) is 5. The van der Waals surface area contributed by atoms with E-state index in [-0.39, 0.29) is 5.25 Å². The van der Waals surface area contributed by atoms with Gasteiger partial charge in [-0.25, -0.2) is 8.42 Å². The maximum atomic E-state index is 12.2. The zero-order valence-electron chi connectivity index (χ0n) is 12.9. The summed E-state index contributed by atoms with van der Waals surface area (Å²) < 4.78 is 29.8. The SMILES string of the molecule is CCONC(C)=COc1ccc(S(=O)(=O)C(C)CC)cc1. The molecule has 21 heavy (non-hydrogen) atoms. The molecule has 1 rings (SSSR count). The Morgan fingerprint density at radius 1 is 1.29 bits per heavy atom. The molecule has 0 aromatic heterocycles. The number of rotatable bonds is 8. The standard InChI is InChI=1S/C15H23NO4S/c1-5-13(4)21(17,18)15-9-7-14(8-10-15)19-11-12(3)16-20-6-2/h7-11,13,16H,5-6H2,1-4H3. The number of hydrogen-bond donors (Lipinski definition) is 1. The second-order valence-electron chi connectivity index (χ2n) is 4.69. The van der Waals surface area contributed by atoms with Crippen LogP contribution in [0, 0.1) is 0 Å². The van der Waals surface area contributed by atoms with Crippen LogP contribution in [-0.4, -0.2) is 20.3 Å². The molecule has 1 aromatic carbocycles. The lowest BCUT2D eigenvalue weighted by Gasteiger charge is -2.11. The van der Waals surface area contributed by atoms with E-state index in [9.17, 15) is 8.42 Å². The van der Waals surface area contributed by atoms with Gasteiger partial charge in [0.1, 0.15) is 12.0 Å². The molecule has 0 fully saturated rings. The fraction of sp³-hybridized carbons (Fsp3) is 0.467. The molecule has 1 unspecified atom stereocenters. The summed E-state index contributed by atoms with van der Waals surface area (Å²) >= 11 is 0. The summed E-state index contributed by atoms with van der Waals surface area (Å²) in [6.45, 7) is 7.80. The van der Waals surface area contributed by atoms with Gasteiger partial charge in [0, 0.05) is 0 Å². The number of hydroxylamine groups is 1. The molecule has 1 N–H and O–H groups in total. The molecule has 6 heteroatoms. The van der Waals surface area contributed by atoms with Gasteiger partial charge in [0.25, 0.3) is 0 Å². The van der Waals surface area contributed by atoms with Crippen LogP contribution in [0.2, 0.25) is 0 Å². The summed E-state index contributed by atoms with van der Waals surface area (Å²) in [5.74, 6) is 0.566. The van der Waals surface area contributed by atoms with Crippen LogP contribution in [0.25, 0.3) is 0 Å². The van der Waals surface area contributed by atoms with E-state index < -0.39 is 9.84 Å². The van der Waals surface area contributed by atoms with Crippen molar-refractivity contribution in [3.05, 3.63) is 36.2 Å². The maximum absolute atomic E-state index is 12.2. The Balaban J connectivity index is 2.75. The molecule has 1 atom stereocenters. The first-order chi connectivity index (χ1) is 9.91. The van der Waals surface area contributed by atoms with Crippen LogP contribution in [0.15, 0.2) is 41.1 Å². The Kier molecular flexibility index (Phi) is 6.71. The summed E-state index contributed by atoms with van der Waals surface area (Å²) in [4.78, 5) is 5.33. The molecular formula is C15H23NO4S. The molecular weight excluding hydrogens is 290 g/mol. The fourth-order valence-electron chi connectivity index (χ4n) is 1.53. The van der Waals surface area contributed by atoms with Gasteiger partial charge < -0.3 is 4.74 Å². The highest BCUT2D eigenvalue weighted by Crippen LogP contribution is 2.21. The van der Waals surface area contributed by atoms with E-state index in [2.05, 4.69) is 5.48 Å². The van der Waals surface area contributed by atoms with Gasteiger partial charge in [0.2, 0.25) is 0 Å². The summed E-state index contributed by atoms with van der Waals surface area (Å²) in [7, 11) is -3.25. The quantitative estimate of drug-likeness (QED) is 0.590. The van der Waals surface area contributed by atoms with Crippen LogP contribution in [0.3, 0.4) is 0 Å². The second kappa shape index (κ2) is 8.05. The van der Waals surface area contributed by atoms with Crippen molar-refractivity contribution < 1.29 is 18.0 Å². The number of sulfone groups is 1. The van der Waals surface area contributed by atoms with Crippen LogP contribution in [0.1, 0.15) is 34.1 Å². The number of nitrogens with one attached hydrogen (secondary N) is 1. The molecule has 0 bridgehead atoms. The highest BCUT2D eigenvalue weighted by molar-refractivity contribution is 7.92. The Hall–Kier alpha value is -1.53. The van der Waals surface area contributed by atoms with Gasteiger partial charge in [-0.3, -0.25) is 10.3 Å². The molecule has 0 aliphatic carbocycles. The molecule has 118 valence electrons. The molecule has 0 aliphatic heterocycles. The predicted octanol–water partition coefficient (Wildman–Crippen LogP) is 3.04. The van der Waals surface area contributed by atoms with Crippen LogP contribution in [0.4, 0.5) is 0 Å². The van der Waals surface area contributed by atoms with Crippen molar-refractivity contribution in [2.75, 3.05) is 6.61 Å². The summed E-state index contributed by atoms with van der Waals surface area (Å²) in [5, 5.41) is -0.387. The summed E-state index contributed by atoms with van der Waals surface area (Å²) in [6.07, 6.45) is 2.10. The summed E-state index contributed by atoms with van der Waals surface area (Å²) in [6, 6.07) is 6.41. The number of benzene rings is 1. The zero-order valence-corrected chi connectivity index (χ0v) is 13.7. The first-order valence-electron chi connectivity index (χ1n) is 6.97. The maximum Gasteiger partial charge on any atom is 0.180 e. The first kappa shape index (κ1) is 17.5. The average molecular weight is 313 g/mol. The van der Waals surface area contributed by atoms with E-state index in [0.29, 0.717) is 29.4 Å². The van der Waals surface area contributed by atoms with Gasteiger partial charge >= 0.3 is 0 Å². The van der Waals surface area contributed by atoms with Gasteiger partial charge in [-0.15, -0.1) is 0 Å². The minimum atomic E-state index is -3.25. The molecule has 0 aliphatic rings. The second-order valence-corrected chi connectivity index (χ2v) is 7.06. The van der Waals surface area contributed by atoms with Crippen LogP contribution in [0.5, 0.6) is 5.75 Å². The van der Waals surface area contributed by atoms with Crippen molar-refractivity contribution in [2.45, 2.75) is 44.3 Å². The van der Waals surface area contributed by atoms with Crippen molar-refractivity contribution in [1.82, 2.24) is 5.48 Å². The van der Waals surface area contributed by atoms with E-state index in [1.165, 1.54) is 6.26 Å². The largest absolute Gasteiger partial charge is 0.463 e. The van der Waals surface area contributed by atoms with E-state index in [1.807, 2.05) is 13.8 Å².